The van der Waals surface area contributed by atoms with Crippen LogP contribution < -0.4 is 0 Å². The molecule has 2 rings (SSSR count). The Balaban J connectivity index is 0.00000220. The van der Waals surface area contributed by atoms with Gasteiger partial charge in [0.15, 0.2) is 0 Å². The SMILES string of the molecule is CCC1=[C]([Ti]([C]2=C(CC)C=C(C)C2)=[C](C)C)CC(C)=C1.Cl.Cl. The average Bonchev–Trinajstić information content (AvgIpc) is 2.92. The fourth-order valence-electron chi connectivity index (χ4n) is 3.57. The van der Waals surface area contributed by atoms with Gasteiger partial charge in [-0.25, -0.2) is 0 Å². The smallest absolute Gasteiger partial charge is 0.147 e. The largest absolute Gasteiger partial charge is 0.147 e. The summed E-state index contributed by atoms with van der Waals surface area (Å²) in [5.74, 6) is 0. The van der Waals surface area contributed by atoms with E-state index in [1.807, 2.05) is 7.76 Å². The molecule has 0 heterocycles. The van der Waals surface area contributed by atoms with Crippen molar-refractivity contribution in [1.29, 1.82) is 0 Å². The number of allylic oxidation sites excluding steroid dienone is 8. The molecular formula is C19H30Cl2Ti. The Morgan fingerprint density at radius 2 is 1.23 bits per heavy atom. The Hall–Kier alpha value is 0.124. The Bertz CT molecular complexity index is 537. The van der Waals surface area contributed by atoms with Gasteiger partial charge < -0.3 is 0 Å². The van der Waals surface area contributed by atoms with Crippen LogP contribution in [-0.2, 0) is 17.4 Å². The second-order valence-corrected chi connectivity index (χ2v) is 11.0. The van der Waals surface area contributed by atoms with Crippen LogP contribution in [0.4, 0.5) is 0 Å². The van der Waals surface area contributed by atoms with E-state index in [-0.39, 0.29) is 24.8 Å². The van der Waals surface area contributed by atoms with Crippen LogP contribution in [0.25, 0.3) is 0 Å². The van der Waals surface area contributed by atoms with Crippen molar-refractivity contribution in [3.8, 4) is 0 Å². The van der Waals surface area contributed by atoms with Gasteiger partial charge in [-0.3, -0.25) is 0 Å². The summed E-state index contributed by atoms with van der Waals surface area (Å²) >= 11 is -1.40. The molecule has 0 unspecified atom stereocenters. The van der Waals surface area contributed by atoms with Crippen molar-refractivity contribution in [2.75, 3.05) is 0 Å². The van der Waals surface area contributed by atoms with Crippen molar-refractivity contribution >= 4 is 28.6 Å². The quantitative estimate of drug-likeness (QED) is 0.479. The summed E-state index contributed by atoms with van der Waals surface area (Å²) in [6.07, 6.45) is 9.85. The molecule has 0 atom stereocenters. The van der Waals surface area contributed by atoms with E-state index in [9.17, 15) is 0 Å². The molecule has 0 bridgehead atoms. The van der Waals surface area contributed by atoms with Crippen LogP contribution in [0.5, 0.6) is 0 Å². The molecule has 0 saturated heterocycles. The molecule has 0 aliphatic heterocycles. The van der Waals surface area contributed by atoms with Crippen molar-refractivity contribution in [3.05, 3.63) is 42.2 Å². The van der Waals surface area contributed by atoms with Gasteiger partial charge in [0, 0.05) is 0 Å². The Morgan fingerprint density at radius 1 is 0.864 bits per heavy atom. The van der Waals surface area contributed by atoms with E-state index in [1.54, 1.807) is 26.1 Å². The standard InChI is InChI=1S/2C8H11.C3H6.2ClH.Ti/c2*1-3-8-5-4-7(2)6-8;1-3-2;;;/h2*6H,3-4H2,1-2H3;1-2H3;2*1H;. The normalized spacial score (nSPS) is 17.0. The first kappa shape index (κ1) is 22.1. The van der Waals surface area contributed by atoms with E-state index in [1.165, 1.54) is 25.7 Å². The molecule has 0 radical (unpaired) electrons. The summed E-state index contributed by atoms with van der Waals surface area (Å²) in [4.78, 5) is 0. The fraction of sp³-hybridized carbons (Fsp3) is 0.526. The number of halogens is 2. The van der Waals surface area contributed by atoms with Gasteiger partial charge in [0.25, 0.3) is 0 Å². The molecule has 2 aliphatic rings. The first-order valence-electron chi connectivity index (χ1n) is 7.94. The Labute approximate surface area is 155 Å². The van der Waals surface area contributed by atoms with Gasteiger partial charge in [0.1, 0.15) is 0 Å². The van der Waals surface area contributed by atoms with Crippen molar-refractivity contribution in [3.63, 3.8) is 0 Å². The van der Waals surface area contributed by atoms with Crippen LogP contribution in [0.1, 0.15) is 67.2 Å². The van der Waals surface area contributed by atoms with E-state index in [4.69, 9.17) is 0 Å². The molecule has 22 heavy (non-hydrogen) atoms. The van der Waals surface area contributed by atoms with Gasteiger partial charge in [-0.05, 0) is 0 Å². The minimum Gasteiger partial charge on any atom is -0.147 e. The summed E-state index contributed by atoms with van der Waals surface area (Å²) in [6.45, 7) is 14.0. The molecule has 0 aromatic heterocycles. The topological polar surface area (TPSA) is 0 Å². The molecule has 0 amide bonds. The maximum Gasteiger partial charge on any atom is -0.147 e. The average molecular weight is 377 g/mol. The molecule has 124 valence electrons. The molecule has 0 aromatic carbocycles. The van der Waals surface area contributed by atoms with Crippen molar-refractivity contribution < 1.29 is 17.4 Å². The predicted molar refractivity (Wildman–Crippen MR) is 102 cm³/mol. The van der Waals surface area contributed by atoms with Gasteiger partial charge >= 0.3 is 131 Å². The monoisotopic (exact) mass is 376 g/mol. The fourth-order valence-corrected chi connectivity index (χ4v) is 9.23. The van der Waals surface area contributed by atoms with Crippen molar-refractivity contribution in [2.45, 2.75) is 67.2 Å². The van der Waals surface area contributed by atoms with Crippen LogP contribution in [0.15, 0.2) is 42.2 Å². The molecule has 3 heteroatoms. The first-order chi connectivity index (χ1) is 9.47. The zero-order valence-electron chi connectivity index (χ0n) is 14.8. The maximum absolute atomic E-state index is 2.46. The van der Waals surface area contributed by atoms with E-state index in [0.29, 0.717) is 0 Å². The molecule has 0 nitrogen and oxygen atoms in total. The summed E-state index contributed by atoms with van der Waals surface area (Å²) in [5, 5.41) is 0. The second kappa shape index (κ2) is 9.43. The van der Waals surface area contributed by atoms with Gasteiger partial charge in [0.2, 0.25) is 0 Å². The van der Waals surface area contributed by atoms with E-state index >= 15 is 0 Å². The minimum absolute atomic E-state index is 0. The Kier molecular flexibility index (Phi) is 9.48. The van der Waals surface area contributed by atoms with Gasteiger partial charge in [-0.15, -0.1) is 24.8 Å². The van der Waals surface area contributed by atoms with Crippen LogP contribution in [0.2, 0.25) is 0 Å². The summed E-state index contributed by atoms with van der Waals surface area (Å²) in [6, 6.07) is 0. The third kappa shape index (κ3) is 4.57. The van der Waals surface area contributed by atoms with E-state index in [0.717, 1.165) is 0 Å². The predicted octanol–water partition coefficient (Wildman–Crippen LogP) is 6.69. The van der Waals surface area contributed by atoms with Gasteiger partial charge in [0.05, 0.1) is 0 Å². The number of rotatable bonds is 4. The number of hydrogen-bond acceptors (Lipinski definition) is 0. The van der Waals surface area contributed by atoms with Gasteiger partial charge in [-0.2, -0.15) is 0 Å². The van der Waals surface area contributed by atoms with Crippen LogP contribution in [-0.4, -0.2) is 3.81 Å². The van der Waals surface area contributed by atoms with Crippen molar-refractivity contribution in [2.24, 2.45) is 0 Å². The van der Waals surface area contributed by atoms with Crippen LogP contribution in [0, 0.1) is 0 Å². The van der Waals surface area contributed by atoms with Crippen LogP contribution in [0.3, 0.4) is 0 Å². The summed E-state index contributed by atoms with van der Waals surface area (Å²) < 4.78 is 5.40. The third-order valence-corrected chi connectivity index (χ3v) is 9.39. The summed E-state index contributed by atoms with van der Waals surface area (Å²) in [5.41, 5.74) is 6.46. The third-order valence-electron chi connectivity index (χ3n) is 4.39. The molecule has 0 saturated carbocycles. The molecule has 2 aliphatic carbocycles. The number of hydrogen-bond donors (Lipinski definition) is 0. The maximum atomic E-state index is 2.46. The summed E-state index contributed by atoms with van der Waals surface area (Å²) in [7, 11) is 0. The van der Waals surface area contributed by atoms with E-state index in [2.05, 4.69) is 53.7 Å². The van der Waals surface area contributed by atoms with E-state index < -0.39 is 17.4 Å². The van der Waals surface area contributed by atoms with Gasteiger partial charge in [-0.1, -0.05) is 0 Å². The zero-order valence-corrected chi connectivity index (χ0v) is 18.0. The molecule has 0 aromatic rings. The second-order valence-electron chi connectivity index (χ2n) is 6.42. The minimum atomic E-state index is -1.40. The zero-order chi connectivity index (χ0) is 14.9. The molecule has 0 N–H and O–H groups in total. The first-order valence-corrected chi connectivity index (χ1v) is 10.3. The molecular weight excluding hydrogens is 347 g/mol. The van der Waals surface area contributed by atoms with Crippen LogP contribution >= 0.6 is 24.8 Å². The molecule has 0 fully saturated rings. The Morgan fingerprint density at radius 3 is 1.50 bits per heavy atom. The molecule has 0 spiro atoms. The van der Waals surface area contributed by atoms with Crippen molar-refractivity contribution in [1.82, 2.24) is 0 Å².